The summed E-state index contributed by atoms with van der Waals surface area (Å²) in [5.74, 6) is 0.910. The summed E-state index contributed by atoms with van der Waals surface area (Å²) >= 11 is 0. The van der Waals surface area contributed by atoms with E-state index in [1.807, 2.05) is 37.4 Å². The van der Waals surface area contributed by atoms with Crippen LogP contribution in [0.3, 0.4) is 0 Å². The van der Waals surface area contributed by atoms with E-state index >= 15 is 0 Å². The van der Waals surface area contributed by atoms with E-state index in [0.29, 0.717) is 13.0 Å². The Kier molecular flexibility index (Phi) is 6.05. The van der Waals surface area contributed by atoms with Gasteiger partial charge in [0.1, 0.15) is 12.4 Å². The maximum atomic E-state index is 8.41. The Bertz CT molecular complexity index is 318. The molecule has 3 nitrogen and oxygen atoms in total. The van der Waals surface area contributed by atoms with E-state index in [9.17, 15) is 0 Å². The first-order valence-corrected chi connectivity index (χ1v) is 5.56. The number of likely N-dealkylation sites (N-methyl/N-ethyl adjacent to an activating group) is 1. The van der Waals surface area contributed by atoms with E-state index in [0.717, 1.165) is 25.3 Å². The van der Waals surface area contributed by atoms with Gasteiger partial charge >= 0.3 is 0 Å². The third kappa shape index (κ3) is 5.38. The van der Waals surface area contributed by atoms with Gasteiger partial charge in [-0.05, 0) is 32.1 Å². The van der Waals surface area contributed by atoms with Crippen LogP contribution in [0.25, 0.3) is 0 Å². The SMILES string of the molecule is CN(CCCC#N)CCOc1ccccc1. The van der Waals surface area contributed by atoms with Crippen molar-refractivity contribution < 1.29 is 4.74 Å². The zero-order valence-corrected chi connectivity index (χ0v) is 9.72. The molecule has 0 aliphatic rings. The number of nitrogens with zero attached hydrogens (tertiary/aromatic N) is 2. The topological polar surface area (TPSA) is 36.3 Å². The molecule has 0 aliphatic carbocycles. The van der Waals surface area contributed by atoms with Crippen molar-refractivity contribution in [3.05, 3.63) is 30.3 Å². The summed E-state index contributed by atoms with van der Waals surface area (Å²) in [5.41, 5.74) is 0. The average molecular weight is 218 g/mol. The van der Waals surface area contributed by atoms with Gasteiger partial charge in [-0.3, -0.25) is 0 Å². The molecule has 1 aromatic carbocycles. The van der Waals surface area contributed by atoms with Gasteiger partial charge in [-0.1, -0.05) is 18.2 Å². The second kappa shape index (κ2) is 7.72. The number of benzene rings is 1. The molecule has 0 heterocycles. The zero-order chi connectivity index (χ0) is 11.6. The van der Waals surface area contributed by atoms with Crippen LogP contribution in [-0.4, -0.2) is 31.6 Å². The van der Waals surface area contributed by atoms with Crippen LogP contribution in [0.4, 0.5) is 0 Å². The van der Waals surface area contributed by atoms with Crippen molar-refractivity contribution in [3.63, 3.8) is 0 Å². The fourth-order valence-electron chi connectivity index (χ4n) is 1.38. The van der Waals surface area contributed by atoms with Gasteiger partial charge in [0.25, 0.3) is 0 Å². The molecule has 16 heavy (non-hydrogen) atoms. The average Bonchev–Trinajstić information content (AvgIpc) is 2.31. The minimum absolute atomic E-state index is 0.629. The van der Waals surface area contributed by atoms with Crippen molar-refractivity contribution in [3.8, 4) is 11.8 Å². The lowest BCUT2D eigenvalue weighted by atomic mass is 10.3. The maximum Gasteiger partial charge on any atom is 0.119 e. The van der Waals surface area contributed by atoms with E-state index < -0.39 is 0 Å². The van der Waals surface area contributed by atoms with Crippen molar-refractivity contribution in [2.75, 3.05) is 26.7 Å². The fraction of sp³-hybridized carbons (Fsp3) is 0.462. The van der Waals surface area contributed by atoms with Crippen molar-refractivity contribution in [1.29, 1.82) is 5.26 Å². The second-order valence-electron chi connectivity index (χ2n) is 3.73. The Hall–Kier alpha value is -1.53. The molecule has 0 atom stereocenters. The van der Waals surface area contributed by atoms with Gasteiger partial charge in [-0.2, -0.15) is 5.26 Å². The van der Waals surface area contributed by atoms with E-state index in [1.165, 1.54) is 0 Å². The Morgan fingerprint density at radius 3 is 2.69 bits per heavy atom. The molecule has 0 aliphatic heterocycles. The Morgan fingerprint density at radius 2 is 2.00 bits per heavy atom. The standard InChI is InChI=1S/C13H18N2O/c1-15(10-6-5-9-14)11-12-16-13-7-3-2-4-8-13/h2-4,7-8H,5-6,10-12H2,1H3. The summed E-state index contributed by atoms with van der Waals surface area (Å²) in [6.45, 7) is 2.53. The minimum Gasteiger partial charge on any atom is -0.492 e. The molecule has 0 unspecified atom stereocenters. The molecule has 0 aromatic heterocycles. The largest absolute Gasteiger partial charge is 0.492 e. The molecule has 0 fully saturated rings. The van der Waals surface area contributed by atoms with E-state index in [-0.39, 0.29) is 0 Å². The highest BCUT2D eigenvalue weighted by atomic mass is 16.5. The van der Waals surface area contributed by atoms with E-state index in [1.54, 1.807) is 0 Å². The van der Waals surface area contributed by atoms with E-state index in [2.05, 4.69) is 11.0 Å². The Labute approximate surface area is 97.3 Å². The summed E-state index contributed by atoms with van der Waals surface area (Å²) in [6, 6.07) is 12.0. The van der Waals surface area contributed by atoms with Crippen LogP contribution in [0.1, 0.15) is 12.8 Å². The molecule has 0 N–H and O–H groups in total. The summed E-state index contributed by atoms with van der Waals surface area (Å²) in [4.78, 5) is 2.18. The normalized spacial score (nSPS) is 10.1. The zero-order valence-electron chi connectivity index (χ0n) is 9.72. The molecule has 0 radical (unpaired) electrons. The number of unbranched alkanes of at least 4 members (excludes halogenated alkanes) is 1. The predicted octanol–water partition coefficient (Wildman–Crippen LogP) is 2.30. The highest BCUT2D eigenvalue weighted by Crippen LogP contribution is 2.07. The van der Waals surface area contributed by atoms with Crippen LogP contribution in [0.5, 0.6) is 5.75 Å². The first-order valence-electron chi connectivity index (χ1n) is 5.56. The number of hydrogen-bond donors (Lipinski definition) is 0. The van der Waals surface area contributed by atoms with Gasteiger partial charge in [0.15, 0.2) is 0 Å². The lowest BCUT2D eigenvalue weighted by Gasteiger charge is -2.15. The molecule has 0 bridgehead atoms. The number of nitriles is 1. The smallest absolute Gasteiger partial charge is 0.119 e. The van der Waals surface area contributed by atoms with Crippen LogP contribution in [0, 0.1) is 11.3 Å². The van der Waals surface area contributed by atoms with Gasteiger partial charge in [0.2, 0.25) is 0 Å². The van der Waals surface area contributed by atoms with Crippen molar-refractivity contribution >= 4 is 0 Å². The van der Waals surface area contributed by atoms with Crippen LogP contribution in [-0.2, 0) is 0 Å². The molecule has 0 amide bonds. The third-order valence-electron chi connectivity index (χ3n) is 2.31. The predicted molar refractivity (Wildman–Crippen MR) is 64.3 cm³/mol. The summed E-state index contributed by atoms with van der Waals surface area (Å²) in [6.07, 6.45) is 1.56. The van der Waals surface area contributed by atoms with Crippen LogP contribution < -0.4 is 4.74 Å². The summed E-state index contributed by atoms with van der Waals surface area (Å²) < 4.78 is 5.58. The lowest BCUT2D eigenvalue weighted by molar-refractivity contribution is 0.236. The van der Waals surface area contributed by atoms with Crippen molar-refractivity contribution in [2.45, 2.75) is 12.8 Å². The molecular weight excluding hydrogens is 200 g/mol. The van der Waals surface area contributed by atoms with Gasteiger partial charge in [0.05, 0.1) is 6.07 Å². The first-order chi connectivity index (χ1) is 7.83. The van der Waals surface area contributed by atoms with Crippen LogP contribution in [0.2, 0.25) is 0 Å². The summed E-state index contributed by atoms with van der Waals surface area (Å²) in [5, 5.41) is 8.41. The number of para-hydroxylation sites is 1. The molecule has 86 valence electrons. The van der Waals surface area contributed by atoms with E-state index in [4.69, 9.17) is 10.00 Å². The molecule has 0 saturated heterocycles. The van der Waals surface area contributed by atoms with Gasteiger partial charge < -0.3 is 9.64 Å². The quantitative estimate of drug-likeness (QED) is 0.659. The molecule has 1 rings (SSSR count). The van der Waals surface area contributed by atoms with Gasteiger partial charge in [-0.25, -0.2) is 0 Å². The fourth-order valence-corrected chi connectivity index (χ4v) is 1.38. The molecule has 1 aromatic rings. The van der Waals surface area contributed by atoms with Crippen molar-refractivity contribution in [2.24, 2.45) is 0 Å². The van der Waals surface area contributed by atoms with Gasteiger partial charge in [0, 0.05) is 13.0 Å². The second-order valence-corrected chi connectivity index (χ2v) is 3.73. The summed E-state index contributed by atoms with van der Waals surface area (Å²) in [7, 11) is 2.05. The maximum absolute atomic E-state index is 8.41. The number of ether oxygens (including phenoxy) is 1. The number of rotatable bonds is 7. The first kappa shape index (κ1) is 12.5. The molecule has 0 spiro atoms. The number of hydrogen-bond acceptors (Lipinski definition) is 3. The highest BCUT2D eigenvalue weighted by molar-refractivity contribution is 5.20. The van der Waals surface area contributed by atoms with Crippen LogP contribution >= 0.6 is 0 Å². The minimum atomic E-state index is 0.629. The monoisotopic (exact) mass is 218 g/mol. The molecule has 0 saturated carbocycles. The Morgan fingerprint density at radius 1 is 1.25 bits per heavy atom. The van der Waals surface area contributed by atoms with Crippen LogP contribution in [0.15, 0.2) is 30.3 Å². The highest BCUT2D eigenvalue weighted by Gasteiger charge is 1.98. The lowest BCUT2D eigenvalue weighted by Crippen LogP contribution is -2.25. The molecular formula is C13H18N2O. The van der Waals surface area contributed by atoms with Gasteiger partial charge in [-0.15, -0.1) is 0 Å². The molecule has 3 heteroatoms. The van der Waals surface area contributed by atoms with Crippen molar-refractivity contribution in [1.82, 2.24) is 4.90 Å². The third-order valence-corrected chi connectivity index (χ3v) is 2.31. The Balaban J connectivity index is 2.09.